The van der Waals surface area contributed by atoms with Crippen molar-refractivity contribution in [3.05, 3.63) is 133 Å². The second-order valence-electron chi connectivity index (χ2n) is 8.53. The van der Waals surface area contributed by atoms with Crippen LogP contribution in [0.3, 0.4) is 0 Å². The zero-order chi connectivity index (χ0) is 25.9. The summed E-state index contributed by atoms with van der Waals surface area (Å²) in [5.74, 6) is -0.324. The largest absolute Gasteiger partial charge is 0.423 e. The van der Waals surface area contributed by atoms with Crippen LogP contribution in [0.4, 0.5) is 0 Å². The van der Waals surface area contributed by atoms with Crippen molar-refractivity contribution in [2.75, 3.05) is 0 Å². The molecule has 38 heavy (non-hydrogen) atoms. The molecule has 0 bridgehead atoms. The lowest BCUT2D eigenvalue weighted by molar-refractivity contribution is 0.0725. The highest BCUT2D eigenvalue weighted by Crippen LogP contribution is 2.35. The molecule has 0 fully saturated rings. The lowest BCUT2D eigenvalue weighted by Crippen LogP contribution is -2.15. The Balaban J connectivity index is 1.57. The molecule has 6 nitrogen and oxygen atoms in total. The summed E-state index contributed by atoms with van der Waals surface area (Å²) in [5, 5.41) is 1.20. The Bertz CT molecular complexity index is 1670. The first-order chi connectivity index (χ1) is 18.7. The molecule has 0 saturated carbocycles. The van der Waals surface area contributed by atoms with Gasteiger partial charge in [0.05, 0.1) is 22.2 Å². The van der Waals surface area contributed by atoms with Crippen LogP contribution in [0.1, 0.15) is 20.7 Å². The van der Waals surface area contributed by atoms with Crippen molar-refractivity contribution in [3.63, 3.8) is 0 Å². The van der Waals surface area contributed by atoms with Crippen LogP contribution in [0.2, 0.25) is 0 Å². The number of carbonyl (C=O) groups excluding carboxylic acids is 2. The number of para-hydroxylation sites is 4. The molecule has 0 aliphatic heterocycles. The van der Waals surface area contributed by atoms with E-state index in [2.05, 4.69) is 9.97 Å². The summed E-state index contributed by atoms with van der Waals surface area (Å²) in [6.07, 6.45) is 3.16. The molecule has 6 heteroatoms. The molecular weight excluding hydrogens is 476 g/mol. The van der Waals surface area contributed by atoms with Crippen molar-refractivity contribution < 1.29 is 19.1 Å². The molecule has 2 aromatic heterocycles. The SMILES string of the molecule is O=C(Oc1ccccc1)c1c(-c2cnc3ccccc3c2C(=O)Oc2ccccc2)cnc2ccccc12. The van der Waals surface area contributed by atoms with Gasteiger partial charge in [0, 0.05) is 34.3 Å². The fraction of sp³-hybridized carbons (Fsp3) is 0. The maximum atomic E-state index is 13.7. The molecule has 4 aromatic carbocycles. The molecular formula is C32H20N2O4. The number of fused-ring (bicyclic) bond motifs is 2. The maximum absolute atomic E-state index is 13.7. The van der Waals surface area contributed by atoms with Crippen LogP contribution in [0.15, 0.2) is 122 Å². The average Bonchev–Trinajstić information content (AvgIpc) is 2.97. The minimum Gasteiger partial charge on any atom is -0.423 e. The predicted molar refractivity (Wildman–Crippen MR) is 145 cm³/mol. The molecule has 6 aromatic rings. The number of hydrogen-bond donors (Lipinski definition) is 0. The zero-order valence-corrected chi connectivity index (χ0v) is 20.1. The first-order valence-electron chi connectivity index (χ1n) is 12.0. The van der Waals surface area contributed by atoms with E-state index in [1.807, 2.05) is 60.7 Å². The maximum Gasteiger partial charge on any atom is 0.344 e. The Kier molecular flexibility index (Phi) is 6.04. The van der Waals surface area contributed by atoms with E-state index in [9.17, 15) is 9.59 Å². The highest BCUT2D eigenvalue weighted by molar-refractivity contribution is 6.15. The summed E-state index contributed by atoms with van der Waals surface area (Å²) in [5.41, 5.74) is 2.65. The Hall–Kier alpha value is -5.36. The third-order valence-corrected chi connectivity index (χ3v) is 6.16. The first kappa shape index (κ1) is 23.1. The van der Waals surface area contributed by atoms with Gasteiger partial charge in [-0.3, -0.25) is 9.97 Å². The molecule has 0 unspecified atom stereocenters. The van der Waals surface area contributed by atoms with Gasteiger partial charge in [-0.2, -0.15) is 0 Å². The van der Waals surface area contributed by atoms with E-state index in [1.54, 1.807) is 60.9 Å². The fourth-order valence-electron chi connectivity index (χ4n) is 4.42. The minimum atomic E-state index is -0.569. The molecule has 0 spiro atoms. The summed E-state index contributed by atoms with van der Waals surface area (Å²) < 4.78 is 11.5. The van der Waals surface area contributed by atoms with Crippen molar-refractivity contribution in [1.82, 2.24) is 9.97 Å². The molecule has 0 N–H and O–H groups in total. The Morgan fingerprint density at radius 3 is 1.26 bits per heavy atom. The van der Waals surface area contributed by atoms with Gasteiger partial charge in [-0.15, -0.1) is 0 Å². The highest BCUT2D eigenvalue weighted by atomic mass is 16.5. The third kappa shape index (κ3) is 4.35. The number of pyridine rings is 2. The van der Waals surface area contributed by atoms with E-state index >= 15 is 0 Å². The van der Waals surface area contributed by atoms with Crippen LogP contribution in [-0.4, -0.2) is 21.9 Å². The Morgan fingerprint density at radius 2 is 0.842 bits per heavy atom. The number of benzene rings is 4. The van der Waals surface area contributed by atoms with Gasteiger partial charge in [0.25, 0.3) is 0 Å². The number of carbonyl (C=O) groups is 2. The normalized spacial score (nSPS) is 10.8. The van der Waals surface area contributed by atoms with Crippen LogP contribution in [0.5, 0.6) is 11.5 Å². The van der Waals surface area contributed by atoms with Crippen molar-refractivity contribution in [1.29, 1.82) is 0 Å². The van der Waals surface area contributed by atoms with Crippen molar-refractivity contribution in [2.45, 2.75) is 0 Å². The smallest absolute Gasteiger partial charge is 0.344 e. The van der Waals surface area contributed by atoms with Crippen LogP contribution >= 0.6 is 0 Å². The van der Waals surface area contributed by atoms with Gasteiger partial charge in [0.15, 0.2) is 0 Å². The van der Waals surface area contributed by atoms with Gasteiger partial charge in [-0.05, 0) is 36.4 Å². The Morgan fingerprint density at radius 1 is 0.474 bits per heavy atom. The van der Waals surface area contributed by atoms with Gasteiger partial charge < -0.3 is 9.47 Å². The van der Waals surface area contributed by atoms with Gasteiger partial charge >= 0.3 is 11.9 Å². The molecule has 0 amide bonds. The number of esters is 2. The molecule has 2 heterocycles. The average molecular weight is 497 g/mol. The third-order valence-electron chi connectivity index (χ3n) is 6.16. The van der Waals surface area contributed by atoms with Crippen LogP contribution in [0.25, 0.3) is 32.9 Å². The summed E-state index contributed by atoms with van der Waals surface area (Å²) in [6, 6.07) is 32.3. The first-order valence-corrected chi connectivity index (χ1v) is 12.0. The quantitative estimate of drug-likeness (QED) is 0.191. The van der Waals surface area contributed by atoms with E-state index in [1.165, 1.54) is 0 Å². The van der Waals surface area contributed by atoms with Gasteiger partial charge in [0.1, 0.15) is 11.5 Å². The highest BCUT2D eigenvalue weighted by Gasteiger charge is 2.26. The van der Waals surface area contributed by atoms with Crippen LogP contribution in [0, 0.1) is 0 Å². The van der Waals surface area contributed by atoms with Crippen LogP contribution < -0.4 is 9.47 Å². The van der Waals surface area contributed by atoms with Gasteiger partial charge in [-0.1, -0.05) is 72.8 Å². The van der Waals surface area contributed by atoms with Crippen molar-refractivity contribution >= 4 is 33.7 Å². The molecule has 0 aliphatic carbocycles. The predicted octanol–water partition coefficient (Wildman–Crippen LogP) is 6.89. The fourth-order valence-corrected chi connectivity index (χ4v) is 4.42. The summed E-state index contributed by atoms with van der Waals surface area (Å²) in [7, 11) is 0. The number of aromatic nitrogens is 2. The molecule has 6 rings (SSSR count). The number of rotatable bonds is 5. The van der Waals surface area contributed by atoms with Crippen molar-refractivity contribution in [2.24, 2.45) is 0 Å². The van der Waals surface area contributed by atoms with Gasteiger partial charge in [0.2, 0.25) is 0 Å². The summed E-state index contributed by atoms with van der Waals surface area (Å²) >= 11 is 0. The second-order valence-corrected chi connectivity index (χ2v) is 8.53. The minimum absolute atomic E-state index is 0.283. The Labute approximate surface area is 218 Å². The molecule has 0 aliphatic rings. The van der Waals surface area contributed by atoms with Gasteiger partial charge in [-0.25, -0.2) is 9.59 Å². The van der Waals surface area contributed by atoms with Crippen molar-refractivity contribution in [3.8, 4) is 22.6 Å². The zero-order valence-electron chi connectivity index (χ0n) is 20.1. The number of nitrogens with zero attached hydrogens (tertiary/aromatic N) is 2. The van der Waals surface area contributed by atoms with E-state index < -0.39 is 11.9 Å². The summed E-state index contributed by atoms with van der Waals surface area (Å²) in [4.78, 5) is 36.5. The lowest BCUT2D eigenvalue weighted by Gasteiger charge is -2.16. The van der Waals surface area contributed by atoms with E-state index in [0.29, 0.717) is 44.4 Å². The lowest BCUT2D eigenvalue weighted by atomic mass is 9.93. The molecule has 182 valence electrons. The standard InChI is InChI=1S/C32H20N2O4/c35-31(37-21-11-3-1-4-12-21)29-23-15-7-9-17-27(23)33-19-25(29)26-20-34-28-18-10-8-16-24(28)30(26)32(36)38-22-13-5-2-6-14-22/h1-20H. The number of hydrogen-bond acceptors (Lipinski definition) is 6. The molecule has 0 atom stereocenters. The topological polar surface area (TPSA) is 78.4 Å². The second kappa shape index (κ2) is 9.95. The van der Waals surface area contributed by atoms with E-state index in [4.69, 9.17) is 9.47 Å². The van der Waals surface area contributed by atoms with E-state index in [-0.39, 0.29) is 11.1 Å². The monoisotopic (exact) mass is 496 g/mol. The van der Waals surface area contributed by atoms with Crippen LogP contribution in [-0.2, 0) is 0 Å². The number of ether oxygens (including phenoxy) is 2. The molecule has 0 saturated heterocycles. The van der Waals surface area contributed by atoms with E-state index in [0.717, 1.165) is 0 Å². The summed E-state index contributed by atoms with van der Waals surface area (Å²) in [6.45, 7) is 0. The molecule has 0 radical (unpaired) electrons.